The lowest BCUT2D eigenvalue weighted by Crippen LogP contribution is -2.17. The van der Waals surface area contributed by atoms with Crippen LogP contribution in [0, 0.1) is 0 Å². The van der Waals surface area contributed by atoms with Gasteiger partial charge in [-0.15, -0.1) is 0 Å². The Labute approximate surface area is 151 Å². The molecule has 0 saturated carbocycles. The second-order valence-electron chi connectivity index (χ2n) is 5.73. The Kier molecular flexibility index (Phi) is 4.76. The molecule has 0 bridgehead atoms. The summed E-state index contributed by atoms with van der Waals surface area (Å²) in [6.45, 7) is 0.575. The molecule has 3 N–H and O–H groups in total. The molecule has 0 aliphatic carbocycles. The van der Waals surface area contributed by atoms with Gasteiger partial charge in [0.2, 0.25) is 10.0 Å². The van der Waals surface area contributed by atoms with Crippen molar-refractivity contribution in [1.29, 1.82) is 0 Å². The first-order chi connectivity index (χ1) is 11.9. The number of hydrogen-bond donors (Lipinski definition) is 3. The molecule has 0 amide bonds. The van der Waals surface area contributed by atoms with E-state index in [1.54, 1.807) is 12.1 Å². The van der Waals surface area contributed by atoms with Gasteiger partial charge < -0.3 is 4.57 Å². The summed E-state index contributed by atoms with van der Waals surface area (Å²) in [7, 11) is -3.31. The molecule has 25 heavy (non-hydrogen) atoms. The average Bonchev–Trinajstić information content (AvgIpc) is 2.95. The van der Waals surface area contributed by atoms with Crippen LogP contribution in [0.15, 0.2) is 54.7 Å². The molecule has 0 radical (unpaired) electrons. The molecule has 0 unspecified atom stereocenters. The molecule has 0 atom stereocenters. The van der Waals surface area contributed by atoms with E-state index < -0.39 is 10.0 Å². The van der Waals surface area contributed by atoms with Crippen LogP contribution >= 0.6 is 12.2 Å². The smallest absolute Gasteiger partial charge is 0.229 e. The molecule has 2 aromatic carbocycles. The normalized spacial score (nSPS) is 11.4. The number of sulfonamides is 1. The van der Waals surface area contributed by atoms with Gasteiger partial charge in [0.1, 0.15) is 4.99 Å². The molecule has 8 heteroatoms. The van der Waals surface area contributed by atoms with Crippen molar-refractivity contribution in [2.75, 3.05) is 11.0 Å². The first-order valence-corrected chi connectivity index (χ1v) is 9.76. The summed E-state index contributed by atoms with van der Waals surface area (Å²) in [4.78, 5) is 0.258. The second-order valence-corrected chi connectivity index (χ2v) is 7.89. The number of fused-ring (bicyclic) bond motifs is 1. The summed E-state index contributed by atoms with van der Waals surface area (Å²) in [5, 5.41) is 10.0. The van der Waals surface area contributed by atoms with Crippen molar-refractivity contribution in [2.45, 2.75) is 6.54 Å². The number of hydrogen-bond acceptors (Lipinski definition) is 4. The Bertz CT molecular complexity index is 1040. The molecular weight excluding hydrogens is 358 g/mol. The molecule has 0 aliphatic heterocycles. The van der Waals surface area contributed by atoms with Crippen LogP contribution in [0.4, 0.5) is 5.69 Å². The van der Waals surface area contributed by atoms with Gasteiger partial charge in [-0.05, 0) is 35.2 Å². The standard InChI is InChI=1S/C17H17N3O3S2/c1-25(22,23)19-15-4-2-3-12(9-15)11-20-8-7-13-5-6-14(10-16(13)20)17(24)18-21/h2-10,19,21H,11H2,1H3,(H,18,24). The third-order valence-electron chi connectivity index (χ3n) is 3.72. The number of benzene rings is 2. The second kappa shape index (κ2) is 6.83. The van der Waals surface area contributed by atoms with Crippen molar-refractivity contribution in [3.8, 4) is 0 Å². The molecule has 0 fully saturated rings. The van der Waals surface area contributed by atoms with Crippen LogP contribution < -0.4 is 10.2 Å². The van der Waals surface area contributed by atoms with Gasteiger partial charge in [-0.25, -0.2) is 8.42 Å². The highest BCUT2D eigenvalue weighted by atomic mass is 32.2. The van der Waals surface area contributed by atoms with Gasteiger partial charge in [-0.1, -0.05) is 36.5 Å². The van der Waals surface area contributed by atoms with Gasteiger partial charge in [0.05, 0.1) is 6.26 Å². The Morgan fingerprint density at radius 1 is 1.20 bits per heavy atom. The van der Waals surface area contributed by atoms with E-state index in [1.165, 1.54) is 0 Å². The van der Waals surface area contributed by atoms with E-state index in [0.717, 1.165) is 28.3 Å². The molecule has 1 heterocycles. The minimum atomic E-state index is -3.31. The third-order valence-corrected chi connectivity index (χ3v) is 4.65. The monoisotopic (exact) mass is 375 g/mol. The van der Waals surface area contributed by atoms with Gasteiger partial charge in [-0.2, -0.15) is 0 Å². The molecule has 3 aromatic rings. The van der Waals surface area contributed by atoms with Crippen molar-refractivity contribution in [1.82, 2.24) is 10.0 Å². The number of thiocarbonyl (C=S) groups is 1. The average molecular weight is 375 g/mol. The van der Waals surface area contributed by atoms with E-state index in [9.17, 15) is 8.42 Å². The van der Waals surface area contributed by atoms with Gasteiger partial charge in [0.25, 0.3) is 0 Å². The van der Waals surface area contributed by atoms with Gasteiger partial charge in [-0.3, -0.25) is 15.4 Å². The first-order valence-electron chi connectivity index (χ1n) is 7.46. The predicted molar refractivity (Wildman–Crippen MR) is 103 cm³/mol. The molecule has 0 spiro atoms. The van der Waals surface area contributed by atoms with Crippen molar-refractivity contribution in [2.24, 2.45) is 0 Å². The molecular formula is C17H17N3O3S2. The van der Waals surface area contributed by atoms with E-state index in [1.807, 2.05) is 52.6 Å². The molecule has 130 valence electrons. The summed E-state index contributed by atoms with van der Waals surface area (Å²) < 4.78 is 27.3. The van der Waals surface area contributed by atoms with Gasteiger partial charge in [0.15, 0.2) is 0 Å². The van der Waals surface area contributed by atoms with Gasteiger partial charge in [0, 0.05) is 29.5 Å². The van der Waals surface area contributed by atoms with Crippen LogP contribution in [0.1, 0.15) is 11.1 Å². The molecule has 0 aliphatic rings. The van der Waals surface area contributed by atoms with Crippen molar-refractivity contribution in [3.63, 3.8) is 0 Å². The van der Waals surface area contributed by atoms with E-state index in [0.29, 0.717) is 12.2 Å². The summed E-state index contributed by atoms with van der Waals surface area (Å²) >= 11 is 5.06. The summed E-state index contributed by atoms with van der Waals surface area (Å²) in [6.07, 6.45) is 3.08. The fraction of sp³-hybridized carbons (Fsp3) is 0.118. The summed E-state index contributed by atoms with van der Waals surface area (Å²) in [6, 6.07) is 14.9. The highest BCUT2D eigenvalue weighted by Crippen LogP contribution is 2.20. The van der Waals surface area contributed by atoms with Crippen LogP contribution in [0.25, 0.3) is 10.9 Å². The molecule has 6 nitrogen and oxygen atoms in total. The minimum Gasteiger partial charge on any atom is -0.343 e. The maximum Gasteiger partial charge on any atom is 0.229 e. The SMILES string of the molecule is CS(=O)(=O)Nc1cccc(Cn2ccc3ccc(C(=S)NO)cc32)c1. The van der Waals surface area contributed by atoms with E-state index in [-0.39, 0.29) is 4.99 Å². The quantitative estimate of drug-likeness (QED) is 0.472. The number of anilines is 1. The van der Waals surface area contributed by atoms with Crippen LogP contribution in [0.5, 0.6) is 0 Å². The lowest BCUT2D eigenvalue weighted by Gasteiger charge is -2.10. The summed E-state index contributed by atoms with van der Waals surface area (Å²) in [5.41, 5.74) is 5.17. The number of nitrogens with zero attached hydrogens (tertiary/aromatic N) is 1. The highest BCUT2D eigenvalue weighted by molar-refractivity contribution is 7.92. The van der Waals surface area contributed by atoms with Gasteiger partial charge >= 0.3 is 0 Å². The number of nitrogens with one attached hydrogen (secondary N) is 2. The fourth-order valence-electron chi connectivity index (χ4n) is 2.67. The minimum absolute atomic E-state index is 0.258. The first kappa shape index (κ1) is 17.4. The van der Waals surface area contributed by atoms with E-state index in [2.05, 4.69) is 4.72 Å². The van der Waals surface area contributed by atoms with Crippen LogP contribution in [-0.4, -0.2) is 29.4 Å². The zero-order chi connectivity index (χ0) is 18.0. The third kappa shape index (κ3) is 4.16. The van der Waals surface area contributed by atoms with Crippen molar-refractivity contribution < 1.29 is 13.6 Å². The predicted octanol–water partition coefficient (Wildman–Crippen LogP) is 2.72. The van der Waals surface area contributed by atoms with Crippen LogP contribution in [0.2, 0.25) is 0 Å². The fourth-order valence-corrected chi connectivity index (χ4v) is 3.35. The maximum absolute atomic E-state index is 11.4. The summed E-state index contributed by atoms with van der Waals surface area (Å²) in [5.74, 6) is 0. The number of hydroxylamine groups is 1. The lowest BCUT2D eigenvalue weighted by atomic mass is 10.1. The Morgan fingerprint density at radius 3 is 2.72 bits per heavy atom. The Hall–Kier alpha value is -2.42. The topological polar surface area (TPSA) is 83.4 Å². The Morgan fingerprint density at radius 2 is 2.00 bits per heavy atom. The zero-order valence-electron chi connectivity index (χ0n) is 13.4. The van der Waals surface area contributed by atoms with E-state index >= 15 is 0 Å². The largest absolute Gasteiger partial charge is 0.343 e. The molecule has 0 saturated heterocycles. The van der Waals surface area contributed by atoms with Crippen LogP contribution in [-0.2, 0) is 16.6 Å². The maximum atomic E-state index is 11.4. The highest BCUT2D eigenvalue weighted by Gasteiger charge is 2.07. The lowest BCUT2D eigenvalue weighted by molar-refractivity contribution is 0.238. The zero-order valence-corrected chi connectivity index (χ0v) is 15.1. The number of rotatable bonds is 5. The number of aromatic nitrogens is 1. The molecule has 3 rings (SSSR count). The van der Waals surface area contributed by atoms with Crippen molar-refractivity contribution >= 4 is 43.8 Å². The van der Waals surface area contributed by atoms with Crippen molar-refractivity contribution in [3.05, 3.63) is 65.9 Å². The van der Waals surface area contributed by atoms with E-state index in [4.69, 9.17) is 17.4 Å². The van der Waals surface area contributed by atoms with Crippen LogP contribution in [0.3, 0.4) is 0 Å². The Balaban J connectivity index is 1.93. The molecule has 1 aromatic heterocycles.